The van der Waals surface area contributed by atoms with E-state index in [0.29, 0.717) is 13.2 Å². The molecule has 210 valence electrons. The number of hydrogen-bond acceptors (Lipinski definition) is 3. The molecular weight excluding hydrogens is 514 g/mol. The monoisotopic (exact) mass is 551 g/mol. The summed E-state index contributed by atoms with van der Waals surface area (Å²) in [6, 6.07) is 46.7. The number of hydrogen-bond donors (Lipinski definition) is 0. The van der Waals surface area contributed by atoms with Gasteiger partial charge in [-0.3, -0.25) is 0 Å². The van der Waals surface area contributed by atoms with Crippen LogP contribution in [0.5, 0.6) is 5.75 Å². The van der Waals surface area contributed by atoms with Gasteiger partial charge in [0.1, 0.15) is 18.0 Å². The number of rotatable bonds is 9. The fourth-order valence-corrected chi connectivity index (χ4v) is 5.86. The van der Waals surface area contributed by atoms with Crippen LogP contribution in [0.2, 0.25) is 0 Å². The number of nitrogens with zero attached hydrogens (tertiary/aromatic N) is 1. The van der Waals surface area contributed by atoms with Gasteiger partial charge in [0, 0.05) is 12.1 Å². The van der Waals surface area contributed by atoms with E-state index in [1.54, 1.807) is 0 Å². The van der Waals surface area contributed by atoms with Crippen LogP contribution in [0, 0.1) is 0 Å². The average molecular weight is 552 g/mol. The van der Waals surface area contributed by atoms with Crippen LogP contribution < -0.4 is 4.74 Å². The highest BCUT2D eigenvalue weighted by atomic mass is 16.5. The Bertz CT molecular complexity index is 1550. The third kappa shape index (κ3) is 5.67. The molecule has 0 N–H and O–H groups in total. The van der Waals surface area contributed by atoms with E-state index in [1.165, 1.54) is 16.7 Å². The highest BCUT2D eigenvalue weighted by Gasteiger charge is 2.37. The molecule has 1 aliphatic heterocycles. The van der Waals surface area contributed by atoms with Gasteiger partial charge in [0.15, 0.2) is 0 Å². The first-order chi connectivity index (χ1) is 20.6. The quantitative estimate of drug-likeness (QED) is 0.172. The lowest BCUT2D eigenvalue weighted by Crippen LogP contribution is -2.32. The first-order valence-electron chi connectivity index (χ1n) is 14.6. The number of ether oxygens (including phenoxy) is 2. The molecule has 0 unspecified atom stereocenters. The van der Waals surface area contributed by atoms with E-state index in [-0.39, 0.29) is 0 Å². The molecular formula is C39H37NO2. The third-order valence-corrected chi connectivity index (χ3v) is 7.95. The molecule has 0 aliphatic carbocycles. The van der Waals surface area contributed by atoms with Crippen molar-refractivity contribution in [3.63, 3.8) is 0 Å². The summed E-state index contributed by atoms with van der Waals surface area (Å²) in [7, 11) is 4.23. The Morgan fingerprint density at radius 3 is 1.86 bits per heavy atom. The predicted molar refractivity (Wildman–Crippen MR) is 171 cm³/mol. The Morgan fingerprint density at radius 2 is 1.26 bits per heavy atom. The maximum atomic E-state index is 7.15. The fourth-order valence-electron chi connectivity index (χ4n) is 5.86. The maximum absolute atomic E-state index is 7.15. The minimum atomic E-state index is -0.774. The van der Waals surface area contributed by atoms with Crippen LogP contribution in [0.25, 0.3) is 5.57 Å². The van der Waals surface area contributed by atoms with Crippen molar-refractivity contribution in [1.29, 1.82) is 0 Å². The SMILES string of the molecule is CN(C)CC/C=C1\c2ccccc2COc2ccc(COC(c3ccccc3)(c3ccccc3)c3ccccc3)cc21. The van der Waals surface area contributed by atoms with Gasteiger partial charge in [0.2, 0.25) is 0 Å². The van der Waals surface area contributed by atoms with E-state index < -0.39 is 5.60 Å². The smallest absolute Gasteiger partial charge is 0.144 e. The minimum absolute atomic E-state index is 0.429. The van der Waals surface area contributed by atoms with E-state index >= 15 is 0 Å². The van der Waals surface area contributed by atoms with E-state index in [0.717, 1.165) is 46.5 Å². The van der Waals surface area contributed by atoms with Gasteiger partial charge in [-0.25, -0.2) is 0 Å². The summed E-state index contributed by atoms with van der Waals surface area (Å²) < 4.78 is 13.5. The van der Waals surface area contributed by atoms with Crippen molar-refractivity contribution >= 4 is 5.57 Å². The Kier molecular flexibility index (Phi) is 8.32. The van der Waals surface area contributed by atoms with Gasteiger partial charge < -0.3 is 14.4 Å². The summed E-state index contributed by atoms with van der Waals surface area (Å²) in [5, 5.41) is 0. The molecule has 3 nitrogen and oxygen atoms in total. The number of fused-ring (bicyclic) bond motifs is 2. The molecule has 5 aromatic carbocycles. The maximum Gasteiger partial charge on any atom is 0.144 e. The molecule has 0 saturated carbocycles. The van der Waals surface area contributed by atoms with Crippen LogP contribution >= 0.6 is 0 Å². The highest BCUT2D eigenvalue weighted by Crippen LogP contribution is 2.42. The van der Waals surface area contributed by atoms with Crippen LogP contribution in [0.4, 0.5) is 0 Å². The fraction of sp³-hybridized carbons (Fsp3) is 0.179. The molecule has 0 atom stereocenters. The van der Waals surface area contributed by atoms with Crippen molar-refractivity contribution in [2.24, 2.45) is 0 Å². The summed E-state index contributed by atoms with van der Waals surface area (Å²) in [5.41, 5.74) is 8.40. The normalized spacial score (nSPS) is 13.7. The van der Waals surface area contributed by atoms with Gasteiger partial charge in [-0.05, 0) is 71.6 Å². The topological polar surface area (TPSA) is 21.7 Å². The Hall–Kier alpha value is -4.44. The zero-order valence-electron chi connectivity index (χ0n) is 24.4. The summed E-state index contributed by atoms with van der Waals surface area (Å²) >= 11 is 0. The minimum Gasteiger partial charge on any atom is -0.488 e. The highest BCUT2D eigenvalue weighted by molar-refractivity contribution is 5.85. The first kappa shape index (κ1) is 27.7. The summed E-state index contributed by atoms with van der Waals surface area (Å²) in [6.07, 6.45) is 3.31. The summed E-state index contributed by atoms with van der Waals surface area (Å²) in [5.74, 6) is 0.909. The van der Waals surface area contributed by atoms with Crippen molar-refractivity contribution in [2.45, 2.75) is 25.2 Å². The van der Waals surface area contributed by atoms with Gasteiger partial charge in [-0.15, -0.1) is 0 Å². The van der Waals surface area contributed by atoms with E-state index in [9.17, 15) is 0 Å². The lowest BCUT2D eigenvalue weighted by atomic mass is 9.80. The second-order valence-electron chi connectivity index (χ2n) is 11.1. The van der Waals surface area contributed by atoms with Crippen molar-refractivity contribution in [3.05, 3.63) is 178 Å². The van der Waals surface area contributed by atoms with Gasteiger partial charge in [-0.1, -0.05) is 127 Å². The molecule has 0 aromatic heterocycles. The van der Waals surface area contributed by atoms with Crippen molar-refractivity contribution in [2.75, 3.05) is 20.6 Å². The molecule has 0 saturated heterocycles. The standard InChI is InChI=1S/C39H37NO2/c1-40(2)26-14-23-36-35-22-13-12-15-31(35)29-41-38-25-24-30(27-37(36)38)28-42-39(32-16-6-3-7-17-32,33-18-8-4-9-19-33)34-20-10-5-11-21-34/h3-13,15-25,27H,14,26,28-29H2,1-2H3/b36-23+. The molecule has 42 heavy (non-hydrogen) atoms. The second kappa shape index (κ2) is 12.6. The predicted octanol–water partition coefficient (Wildman–Crippen LogP) is 8.47. The van der Waals surface area contributed by atoms with Crippen LogP contribution in [-0.4, -0.2) is 25.5 Å². The zero-order chi connectivity index (χ0) is 28.8. The lowest BCUT2D eigenvalue weighted by Gasteiger charge is -2.36. The van der Waals surface area contributed by atoms with Crippen LogP contribution in [0.1, 0.15) is 45.4 Å². The van der Waals surface area contributed by atoms with Gasteiger partial charge in [0.05, 0.1) is 6.61 Å². The van der Waals surface area contributed by atoms with Crippen molar-refractivity contribution in [1.82, 2.24) is 4.90 Å². The largest absolute Gasteiger partial charge is 0.488 e. The second-order valence-corrected chi connectivity index (χ2v) is 11.1. The molecule has 0 radical (unpaired) electrons. The molecule has 0 fully saturated rings. The van der Waals surface area contributed by atoms with Gasteiger partial charge >= 0.3 is 0 Å². The third-order valence-electron chi connectivity index (χ3n) is 7.95. The average Bonchev–Trinajstić information content (AvgIpc) is 3.19. The summed E-state index contributed by atoms with van der Waals surface area (Å²) in [4.78, 5) is 2.22. The van der Waals surface area contributed by atoms with E-state index in [1.807, 2.05) is 0 Å². The molecule has 1 aliphatic rings. The lowest BCUT2D eigenvalue weighted by molar-refractivity contribution is 0.000218. The Labute approximate surface area is 249 Å². The number of benzene rings is 5. The molecule has 0 spiro atoms. The molecule has 0 bridgehead atoms. The summed E-state index contributed by atoms with van der Waals surface area (Å²) in [6.45, 7) is 1.97. The molecule has 6 rings (SSSR count). The first-order valence-corrected chi connectivity index (χ1v) is 14.6. The Balaban J connectivity index is 1.43. The van der Waals surface area contributed by atoms with Crippen molar-refractivity contribution in [3.8, 4) is 5.75 Å². The molecule has 3 heteroatoms. The van der Waals surface area contributed by atoms with Crippen LogP contribution in [0.3, 0.4) is 0 Å². The van der Waals surface area contributed by atoms with Gasteiger partial charge in [0.25, 0.3) is 0 Å². The van der Waals surface area contributed by atoms with Crippen LogP contribution in [-0.2, 0) is 23.6 Å². The Morgan fingerprint density at radius 1 is 0.690 bits per heavy atom. The molecule has 5 aromatic rings. The van der Waals surface area contributed by atoms with Gasteiger partial charge in [-0.2, -0.15) is 0 Å². The molecule has 1 heterocycles. The van der Waals surface area contributed by atoms with Crippen LogP contribution in [0.15, 0.2) is 140 Å². The van der Waals surface area contributed by atoms with E-state index in [2.05, 4.69) is 159 Å². The zero-order valence-corrected chi connectivity index (χ0v) is 24.4. The van der Waals surface area contributed by atoms with E-state index in [4.69, 9.17) is 9.47 Å². The molecule has 0 amide bonds. The van der Waals surface area contributed by atoms with Crippen molar-refractivity contribution < 1.29 is 9.47 Å².